The van der Waals surface area contributed by atoms with E-state index >= 15 is 0 Å². The van der Waals surface area contributed by atoms with E-state index in [1.165, 1.54) is 10.6 Å². The van der Waals surface area contributed by atoms with Crippen molar-refractivity contribution in [3.8, 4) is 0 Å². The minimum atomic E-state index is -0.730. The molecule has 1 N–H and O–H groups in total. The third-order valence-electron chi connectivity index (χ3n) is 2.19. The highest BCUT2D eigenvalue weighted by atomic mass is 35.5. The van der Waals surface area contributed by atoms with Crippen LogP contribution >= 0.6 is 11.6 Å². The van der Waals surface area contributed by atoms with Gasteiger partial charge in [0.25, 0.3) is 5.56 Å². The van der Waals surface area contributed by atoms with Gasteiger partial charge in [-0.2, -0.15) is 0 Å². The smallest absolute Gasteiger partial charge is 0.252 e. The van der Waals surface area contributed by atoms with E-state index in [1.54, 1.807) is 18.3 Å². The normalized spacial score (nSPS) is 32.0. The van der Waals surface area contributed by atoms with Gasteiger partial charge in [0, 0.05) is 18.7 Å². The van der Waals surface area contributed by atoms with E-state index in [2.05, 4.69) is 0 Å². The van der Waals surface area contributed by atoms with Gasteiger partial charge in [0.15, 0.2) is 5.56 Å². The molecule has 1 aromatic rings. The highest BCUT2D eigenvalue weighted by molar-refractivity contribution is 6.20. The fourth-order valence-corrected chi connectivity index (χ4v) is 1.69. The first-order valence-electron chi connectivity index (χ1n) is 4.33. The zero-order valence-electron chi connectivity index (χ0n) is 7.34. The average Bonchev–Trinajstić information content (AvgIpc) is 2.48. The van der Waals surface area contributed by atoms with Crippen molar-refractivity contribution in [2.75, 3.05) is 0 Å². The maximum Gasteiger partial charge on any atom is 0.252 e. The number of hydrogen-bond acceptors (Lipinski definition) is 3. The Bertz CT molecular complexity index is 368. The lowest BCUT2D eigenvalue weighted by Gasteiger charge is -2.12. The maximum absolute atomic E-state index is 11.4. The minimum Gasteiger partial charge on any atom is -0.389 e. The number of halogens is 1. The number of ether oxygens (including phenoxy) is 1. The molecule has 4 nitrogen and oxygen atoms in total. The Morgan fingerprint density at radius 2 is 2.36 bits per heavy atom. The van der Waals surface area contributed by atoms with Crippen LogP contribution in [0.5, 0.6) is 0 Å². The molecule has 5 heteroatoms. The zero-order chi connectivity index (χ0) is 10.1. The van der Waals surface area contributed by atoms with Crippen molar-refractivity contribution in [1.29, 1.82) is 0 Å². The first-order valence-corrected chi connectivity index (χ1v) is 4.77. The van der Waals surface area contributed by atoms with E-state index in [4.69, 9.17) is 16.3 Å². The van der Waals surface area contributed by atoms with Crippen molar-refractivity contribution < 1.29 is 9.84 Å². The molecule has 0 aliphatic carbocycles. The Balaban J connectivity index is 2.26. The summed E-state index contributed by atoms with van der Waals surface area (Å²) < 4.78 is 6.64. The van der Waals surface area contributed by atoms with Gasteiger partial charge in [-0.1, -0.05) is 17.7 Å². The molecule has 2 heterocycles. The summed E-state index contributed by atoms with van der Waals surface area (Å²) in [6.45, 7) is 0. The Morgan fingerprint density at radius 3 is 2.93 bits per heavy atom. The predicted octanol–water partition coefficient (Wildman–Crippen LogP) is 0.693. The van der Waals surface area contributed by atoms with Gasteiger partial charge in [0.05, 0.1) is 6.10 Å². The number of pyridine rings is 1. The van der Waals surface area contributed by atoms with Gasteiger partial charge in [-0.15, -0.1) is 0 Å². The van der Waals surface area contributed by atoms with Crippen LogP contribution in [-0.4, -0.2) is 21.3 Å². The third kappa shape index (κ3) is 1.68. The van der Waals surface area contributed by atoms with Crippen LogP contribution in [0.25, 0.3) is 0 Å². The molecule has 3 unspecified atom stereocenters. The highest BCUT2D eigenvalue weighted by Crippen LogP contribution is 2.29. The molecule has 0 saturated carbocycles. The second kappa shape index (κ2) is 3.73. The molecular weight excluding hydrogens is 206 g/mol. The molecular formula is C9H10ClNO3. The summed E-state index contributed by atoms with van der Waals surface area (Å²) in [6.07, 6.45) is 0.794. The van der Waals surface area contributed by atoms with E-state index < -0.39 is 17.9 Å². The molecule has 0 spiro atoms. The quantitative estimate of drug-likeness (QED) is 0.702. The average molecular weight is 216 g/mol. The van der Waals surface area contributed by atoms with Crippen molar-refractivity contribution in [3.63, 3.8) is 0 Å². The number of aromatic nitrogens is 1. The van der Waals surface area contributed by atoms with Crippen LogP contribution in [0.15, 0.2) is 29.2 Å². The summed E-state index contributed by atoms with van der Waals surface area (Å²) in [5, 5.41) is 9.35. The van der Waals surface area contributed by atoms with Gasteiger partial charge >= 0.3 is 0 Å². The fraction of sp³-hybridized carbons (Fsp3) is 0.444. The molecule has 0 amide bonds. The molecule has 0 radical (unpaired) electrons. The molecule has 1 aliphatic heterocycles. The number of aliphatic hydroxyl groups excluding tert-OH is 1. The van der Waals surface area contributed by atoms with Gasteiger partial charge in [-0.05, 0) is 6.07 Å². The first kappa shape index (κ1) is 9.71. The molecule has 1 saturated heterocycles. The Morgan fingerprint density at radius 1 is 1.57 bits per heavy atom. The second-order valence-electron chi connectivity index (χ2n) is 3.19. The molecule has 2 rings (SSSR count). The van der Waals surface area contributed by atoms with E-state index in [9.17, 15) is 9.90 Å². The molecule has 1 aromatic heterocycles. The summed E-state index contributed by atoms with van der Waals surface area (Å²) >= 11 is 5.67. The molecule has 14 heavy (non-hydrogen) atoms. The van der Waals surface area contributed by atoms with Crippen LogP contribution in [0.1, 0.15) is 12.6 Å². The molecule has 0 aromatic carbocycles. The lowest BCUT2D eigenvalue weighted by atomic mass is 10.3. The fourth-order valence-electron chi connectivity index (χ4n) is 1.47. The maximum atomic E-state index is 11.4. The largest absolute Gasteiger partial charge is 0.389 e. The van der Waals surface area contributed by atoms with Gasteiger partial charge in [-0.3, -0.25) is 9.36 Å². The van der Waals surface area contributed by atoms with E-state index in [-0.39, 0.29) is 5.56 Å². The SMILES string of the molecule is O=c1ccccn1C1CC(O)C(Cl)O1. The molecule has 1 fully saturated rings. The summed E-state index contributed by atoms with van der Waals surface area (Å²) in [7, 11) is 0. The summed E-state index contributed by atoms with van der Waals surface area (Å²) in [5.41, 5.74) is -0.887. The van der Waals surface area contributed by atoms with Crippen molar-refractivity contribution in [2.45, 2.75) is 24.3 Å². The van der Waals surface area contributed by atoms with Crippen LogP contribution in [0.3, 0.4) is 0 Å². The van der Waals surface area contributed by atoms with Crippen molar-refractivity contribution in [2.24, 2.45) is 0 Å². The van der Waals surface area contributed by atoms with Crippen LogP contribution < -0.4 is 5.56 Å². The highest BCUT2D eigenvalue weighted by Gasteiger charge is 2.33. The molecule has 76 valence electrons. The topological polar surface area (TPSA) is 51.5 Å². The number of nitrogens with zero attached hydrogens (tertiary/aromatic N) is 1. The number of alkyl halides is 1. The standard InChI is InChI=1S/C9H10ClNO3/c10-9-6(12)5-8(14-9)11-4-2-1-3-7(11)13/h1-4,6,8-9,12H,5H2. The summed E-state index contributed by atoms with van der Waals surface area (Å²) in [4.78, 5) is 11.4. The van der Waals surface area contributed by atoms with Gasteiger partial charge in [0.2, 0.25) is 0 Å². The van der Waals surface area contributed by atoms with Crippen molar-refractivity contribution in [3.05, 3.63) is 34.7 Å². The predicted molar refractivity (Wildman–Crippen MR) is 51.1 cm³/mol. The number of rotatable bonds is 1. The van der Waals surface area contributed by atoms with Gasteiger partial charge < -0.3 is 9.84 Å². The first-order chi connectivity index (χ1) is 6.68. The van der Waals surface area contributed by atoms with Crippen molar-refractivity contribution >= 4 is 11.6 Å². The Kier molecular flexibility index (Phi) is 2.58. The lowest BCUT2D eigenvalue weighted by Crippen LogP contribution is -2.22. The van der Waals surface area contributed by atoms with E-state index in [0.29, 0.717) is 6.42 Å². The van der Waals surface area contributed by atoms with Gasteiger partial charge in [0.1, 0.15) is 6.23 Å². The molecule has 1 aliphatic rings. The number of aliphatic hydroxyl groups is 1. The Hall–Kier alpha value is -0.840. The lowest BCUT2D eigenvalue weighted by molar-refractivity contribution is 0.0229. The zero-order valence-corrected chi connectivity index (χ0v) is 8.09. The van der Waals surface area contributed by atoms with E-state index in [1.807, 2.05) is 0 Å². The minimum absolute atomic E-state index is 0.157. The summed E-state index contributed by atoms with van der Waals surface area (Å²) in [5.74, 6) is 0. The summed E-state index contributed by atoms with van der Waals surface area (Å²) in [6, 6.07) is 4.83. The monoisotopic (exact) mass is 215 g/mol. The molecule has 0 bridgehead atoms. The molecule has 3 atom stereocenters. The number of hydrogen-bond donors (Lipinski definition) is 1. The van der Waals surface area contributed by atoms with Crippen molar-refractivity contribution in [1.82, 2.24) is 4.57 Å². The van der Waals surface area contributed by atoms with Crippen LogP contribution in [0.2, 0.25) is 0 Å². The van der Waals surface area contributed by atoms with E-state index in [0.717, 1.165) is 0 Å². The Labute approximate surface area is 85.7 Å². The van der Waals surface area contributed by atoms with Crippen LogP contribution in [0.4, 0.5) is 0 Å². The van der Waals surface area contributed by atoms with Gasteiger partial charge in [-0.25, -0.2) is 0 Å². The van der Waals surface area contributed by atoms with Crippen LogP contribution in [-0.2, 0) is 4.74 Å². The second-order valence-corrected chi connectivity index (χ2v) is 3.62. The van der Waals surface area contributed by atoms with Crippen LogP contribution in [0, 0.1) is 0 Å². The third-order valence-corrected chi connectivity index (χ3v) is 2.59.